The first-order valence-corrected chi connectivity index (χ1v) is 12.2. The molecule has 6 rings (SSSR count). The van der Waals surface area contributed by atoms with Gasteiger partial charge < -0.3 is 10.3 Å². The van der Waals surface area contributed by atoms with E-state index < -0.39 is 5.91 Å². The summed E-state index contributed by atoms with van der Waals surface area (Å²) in [6.45, 7) is 0.584. The van der Waals surface area contributed by atoms with Crippen molar-refractivity contribution in [2.45, 2.75) is 6.54 Å². The lowest BCUT2D eigenvalue weighted by Gasteiger charge is -2.10. The molecule has 178 valence electrons. The number of nitrogens with two attached hydrogens (primary N) is 1. The Labute approximate surface area is 214 Å². The van der Waals surface area contributed by atoms with E-state index >= 15 is 0 Å². The second-order valence-corrected chi connectivity index (χ2v) is 9.14. The third kappa shape index (κ3) is 4.09. The molecule has 1 heterocycles. The van der Waals surface area contributed by atoms with Gasteiger partial charge in [-0.2, -0.15) is 0 Å². The summed E-state index contributed by atoms with van der Waals surface area (Å²) >= 11 is 0. The highest BCUT2D eigenvalue weighted by atomic mass is 16.1. The van der Waals surface area contributed by atoms with Gasteiger partial charge in [-0.05, 0) is 34.9 Å². The molecule has 0 atom stereocenters. The van der Waals surface area contributed by atoms with Crippen molar-refractivity contribution in [3.8, 4) is 11.1 Å². The average Bonchev–Trinajstić information content (AvgIpc) is 3.26. The van der Waals surface area contributed by atoms with E-state index in [2.05, 4.69) is 34.9 Å². The molecule has 1 aromatic heterocycles. The van der Waals surface area contributed by atoms with Crippen LogP contribution in [-0.4, -0.2) is 16.3 Å². The third-order valence-electron chi connectivity index (χ3n) is 6.86. The Kier molecular flexibility index (Phi) is 5.62. The van der Waals surface area contributed by atoms with Crippen LogP contribution in [0, 0.1) is 0 Å². The quantitative estimate of drug-likeness (QED) is 0.265. The number of primary amides is 1. The molecule has 4 heteroatoms. The van der Waals surface area contributed by atoms with E-state index in [1.165, 1.54) is 0 Å². The Morgan fingerprint density at radius 2 is 1.30 bits per heavy atom. The number of hydrogen-bond acceptors (Lipinski definition) is 2. The van der Waals surface area contributed by atoms with Gasteiger partial charge in [0.1, 0.15) is 0 Å². The summed E-state index contributed by atoms with van der Waals surface area (Å²) < 4.78 is 2.22. The van der Waals surface area contributed by atoms with Crippen LogP contribution in [0.1, 0.15) is 31.8 Å². The van der Waals surface area contributed by atoms with Gasteiger partial charge in [-0.25, -0.2) is 0 Å². The molecular formula is C33H24N2O2. The third-order valence-corrected chi connectivity index (χ3v) is 6.86. The maximum absolute atomic E-state index is 12.8. The van der Waals surface area contributed by atoms with Gasteiger partial charge in [-0.1, -0.05) is 103 Å². The van der Waals surface area contributed by atoms with E-state index in [0.717, 1.165) is 38.5 Å². The van der Waals surface area contributed by atoms with Gasteiger partial charge >= 0.3 is 0 Å². The summed E-state index contributed by atoms with van der Waals surface area (Å²) in [5.41, 5.74) is 12.8. The van der Waals surface area contributed by atoms with Gasteiger partial charge in [0, 0.05) is 34.0 Å². The Hall–Kier alpha value is -4.96. The summed E-state index contributed by atoms with van der Waals surface area (Å²) in [6, 6.07) is 39.3. The number of benzene rings is 5. The van der Waals surface area contributed by atoms with Crippen molar-refractivity contribution in [3.05, 3.63) is 144 Å². The van der Waals surface area contributed by atoms with E-state index in [1.54, 1.807) is 6.07 Å². The molecule has 0 aliphatic rings. The monoisotopic (exact) mass is 480 g/mol. The smallest absolute Gasteiger partial charge is 0.249 e. The number of fused-ring (bicyclic) bond motifs is 3. The fourth-order valence-corrected chi connectivity index (χ4v) is 5.03. The predicted octanol–water partition coefficient (Wildman–Crippen LogP) is 6.84. The highest BCUT2D eigenvalue weighted by molar-refractivity contribution is 6.18. The Bertz CT molecular complexity index is 1770. The topological polar surface area (TPSA) is 65.1 Å². The minimum atomic E-state index is -0.444. The molecule has 2 N–H and O–H groups in total. The fourth-order valence-electron chi connectivity index (χ4n) is 5.03. The van der Waals surface area contributed by atoms with Gasteiger partial charge in [-0.15, -0.1) is 0 Å². The number of nitrogens with zero attached hydrogens (tertiary/aromatic N) is 1. The number of carbonyl (C=O) groups excluding carboxylic acids is 2. The number of hydrogen-bond donors (Lipinski definition) is 1. The molecule has 0 spiro atoms. The zero-order valence-corrected chi connectivity index (χ0v) is 20.1. The standard InChI is InChI=1S/C33H24N2O2/c34-33(37)28-12-7-13-29-31(28)27-19-18-26(23-8-3-1-4-9-23)20-30(27)35(29)21-22-14-16-25(17-15-22)32(36)24-10-5-2-6-11-24/h1-20H,21H2,(H2,34,37). The molecule has 6 aromatic rings. The Balaban J connectivity index is 1.46. The van der Waals surface area contributed by atoms with E-state index in [1.807, 2.05) is 84.9 Å². The molecule has 0 saturated carbocycles. The van der Waals surface area contributed by atoms with Crippen molar-refractivity contribution in [2.75, 3.05) is 0 Å². The van der Waals surface area contributed by atoms with Gasteiger partial charge in [0.15, 0.2) is 5.78 Å². The van der Waals surface area contributed by atoms with Gasteiger partial charge in [0.25, 0.3) is 0 Å². The summed E-state index contributed by atoms with van der Waals surface area (Å²) in [4.78, 5) is 25.2. The van der Waals surface area contributed by atoms with Gasteiger partial charge in [-0.3, -0.25) is 9.59 Å². The lowest BCUT2D eigenvalue weighted by atomic mass is 10.0. The van der Waals surface area contributed by atoms with Gasteiger partial charge in [0.05, 0.1) is 11.0 Å². The first-order valence-electron chi connectivity index (χ1n) is 12.2. The molecule has 0 unspecified atom stereocenters. The maximum Gasteiger partial charge on any atom is 0.249 e. The van der Waals surface area contributed by atoms with Crippen molar-refractivity contribution in [2.24, 2.45) is 5.73 Å². The predicted molar refractivity (Wildman–Crippen MR) is 149 cm³/mol. The number of aromatic nitrogens is 1. The lowest BCUT2D eigenvalue weighted by Crippen LogP contribution is -2.11. The molecule has 37 heavy (non-hydrogen) atoms. The molecule has 0 aliphatic carbocycles. The molecule has 4 nitrogen and oxygen atoms in total. The molecule has 0 fully saturated rings. The molecule has 0 bridgehead atoms. The number of carbonyl (C=O) groups is 2. The van der Waals surface area contributed by atoms with Crippen molar-refractivity contribution in [3.63, 3.8) is 0 Å². The fraction of sp³-hybridized carbons (Fsp3) is 0.0303. The number of amides is 1. The van der Waals surface area contributed by atoms with Crippen LogP contribution in [0.15, 0.2) is 121 Å². The van der Waals surface area contributed by atoms with Crippen LogP contribution in [-0.2, 0) is 6.54 Å². The Morgan fingerprint density at radius 1 is 0.622 bits per heavy atom. The number of ketones is 1. The maximum atomic E-state index is 12.8. The SMILES string of the molecule is NC(=O)c1cccc2c1c1ccc(-c3ccccc3)cc1n2Cc1ccc(C(=O)c2ccccc2)cc1. The normalized spacial score (nSPS) is 11.1. The van der Waals surface area contributed by atoms with E-state index in [4.69, 9.17) is 5.73 Å². The second kappa shape index (κ2) is 9.25. The second-order valence-electron chi connectivity index (χ2n) is 9.14. The lowest BCUT2D eigenvalue weighted by molar-refractivity contribution is 0.1000. The molecule has 5 aromatic carbocycles. The van der Waals surface area contributed by atoms with E-state index in [9.17, 15) is 9.59 Å². The minimum Gasteiger partial charge on any atom is -0.366 e. The van der Waals surface area contributed by atoms with E-state index in [0.29, 0.717) is 23.2 Å². The molecular weight excluding hydrogens is 456 g/mol. The van der Waals surface area contributed by atoms with Crippen molar-refractivity contribution >= 4 is 33.5 Å². The first-order chi connectivity index (χ1) is 18.1. The minimum absolute atomic E-state index is 0.00242. The van der Waals surface area contributed by atoms with Crippen LogP contribution in [0.2, 0.25) is 0 Å². The summed E-state index contributed by atoms with van der Waals surface area (Å²) in [5.74, 6) is -0.442. The van der Waals surface area contributed by atoms with Crippen LogP contribution in [0.25, 0.3) is 32.9 Å². The molecule has 0 saturated heterocycles. The highest BCUT2D eigenvalue weighted by Crippen LogP contribution is 2.35. The van der Waals surface area contributed by atoms with E-state index in [-0.39, 0.29) is 5.78 Å². The van der Waals surface area contributed by atoms with Crippen LogP contribution in [0.3, 0.4) is 0 Å². The largest absolute Gasteiger partial charge is 0.366 e. The zero-order valence-electron chi connectivity index (χ0n) is 20.1. The molecule has 0 radical (unpaired) electrons. The van der Waals surface area contributed by atoms with Crippen molar-refractivity contribution in [1.82, 2.24) is 4.57 Å². The van der Waals surface area contributed by atoms with Crippen molar-refractivity contribution in [1.29, 1.82) is 0 Å². The number of rotatable bonds is 6. The first kappa shape index (κ1) is 22.5. The zero-order chi connectivity index (χ0) is 25.4. The summed E-state index contributed by atoms with van der Waals surface area (Å²) in [7, 11) is 0. The highest BCUT2D eigenvalue weighted by Gasteiger charge is 2.17. The Morgan fingerprint density at radius 3 is 2.00 bits per heavy atom. The van der Waals surface area contributed by atoms with Gasteiger partial charge in [0.2, 0.25) is 5.91 Å². The average molecular weight is 481 g/mol. The van der Waals surface area contributed by atoms with Crippen LogP contribution in [0.5, 0.6) is 0 Å². The molecule has 1 amide bonds. The van der Waals surface area contributed by atoms with Crippen LogP contribution >= 0.6 is 0 Å². The summed E-state index contributed by atoms with van der Waals surface area (Å²) in [6.07, 6.45) is 0. The van der Waals surface area contributed by atoms with Crippen LogP contribution in [0.4, 0.5) is 0 Å². The summed E-state index contributed by atoms with van der Waals surface area (Å²) in [5, 5.41) is 1.85. The van der Waals surface area contributed by atoms with Crippen molar-refractivity contribution < 1.29 is 9.59 Å². The van der Waals surface area contributed by atoms with Crippen LogP contribution < -0.4 is 5.73 Å². The molecule has 0 aliphatic heterocycles.